The maximum atomic E-state index is 4.64. The highest BCUT2D eigenvalue weighted by atomic mass is 79.9. The van der Waals surface area contributed by atoms with E-state index in [1.165, 1.54) is 25.7 Å². The third-order valence-corrected chi connectivity index (χ3v) is 4.52. The molecule has 1 aliphatic rings. The molecule has 0 saturated heterocycles. The summed E-state index contributed by atoms with van der Waals surface area (Å²) in [5.41, 5.74) is 1.03. The molecule has 2 atom stereocenters. The highest BCUT2D eigenvalue weighted by molar-refractivity contribution is 9.10. The van der Waals surface area contributed by atoms with Gasteiger partial charge in [0.25, 0.3) is 0 Å². The van der Waals surface area contributed by atoms with Gasteiger partial charge in [-0.15, -0.1) is 0 Å². The minimum absolute atomic E-state index is 0.539. The number of aryl methyl sites for hydroxylation is 1. The van der Waals surface area contributed by atoms with E-state index in [-0.39, 0.29) is 0 Å². The molecule has 0 aromatic carbocycles. The van der Waals surface area contributed by atoms with Gasteiger partial charge in [0, 0.05) is 13.0 Å². The molecular weight excluding hydrogens is 278 g/mol. The van der Waals surface area contributed by atoms with Crippen molar-refractivity contribution in [3.05, 3.63) is 16.0 Å². The molecule has 2 rings (SSSR count). The van der Waals surface area contributed by atoms with Crippen molar-refractivity contribution in [1.29, 1.82) is 0 Å². The molecule has 0 amide bonds. The number of aromatic nitrogens is 2. The lowest BCUT2D eigenvalue weighted by Crippen LogP contribution is -2.15. The van der Waals surface area contributed by atoms with Crippen molar-refractivity contribution in [3.8, 4) is 0 Å². The molecule has 2 unspecified atom stereocenters. The molecule has 0 radical (unpaired) electrons. The Hall–Kier alpha value is -0.640. The summed E-state index contributed by atoms with van der Waals surface area (Å²) in [6.45, 7) is 4.36. The van der Waals surface area contributed by atoms with Gasteiger partial charge in [-0.2, -0.15) is 0 Å². The van der Waals surface area contributed by atoms with Crippen LogP contribution in [-0.2, 0) is 0 Å². The zero-order valence-electron chi connectivity index (χ0n) is 10.8. The Balaban J connectivity index is 2.29. The topological polar surface area (TPSA) is 37.8 Å². The van der Waals surface area contributed by atoms with Crippen LogP contribution in [0.5, 0.6) is 0 Å². The average Bonchev–Trinajstić information content (AvgIpc) is 2.32. The van der Waals surface area contributed by atoms with Crippen LogP contribution in [0, 0.1) is 12.8 Å². The largest absolute Gasteiger partial charge is 0.372 e. The number of nitrogens with zero attached hydrogens (tertiary/aromatic N) is 2. The molecule has 0 bridgehead atoms. The molecule has 17 heavy (non-hydrogen) atoms. The van der Waals surface area contributed by atoms with Gasteiger partial charge in [-0.1, -0.05) is 19.8 Å². The van der Waals surface area contributed by atoms with E-state index in [9.17, 15) is 0 Å². The third kappa shape index (κ3) is 2.79. The second-order valence-electron chi connectivity index (χ2n) is 5.05. The summed E-state index contributed by atoms with van der Waals surface area (Å²) in [6, 6.07) is 0. The highest BCUT2D eigenvalue weighted by Gasteiger charge is 2.23. The van der Waals surface area contributed by atoms with Crippen molar-refractivity contribution in [2.24, 2.45) is 5.92 Å². The van der Waals surface area contributed by atoms with Crippen LogP contribution < -0.4 is 5.32 Å². The first kappa shape index (κ1) is 12.8. The lowest BCUT2D eigenvalue weighted by molar-refractivity contribution is 0.335. The number of nitrogens with one attached hydrogen (secondary N) is 1. The SMILES string of the molecule is CNc1nc(C2CCCC(C)C2)nc(C)c1Br. The first-order valence-electron chi connectivity index (χ1n) is 6.33. The van der Waals surface area contributed by atoms with Crippen LogP contribution in [0.1, 0.15) is 50.0 Å². The Bertz CT molecular complexity index is 406. The molecule has 1 heterocycles. The lowest BCUT2D eigenvalue weighted by Gasteiger charge is -2.26. The average molecular weight is 298 g/mol. The molecule has 94 valence electrons. The van der Waals surface area contributed by atoms with Crippen LogP contribution in [-0.4, -0.2) is 17.0 Å². The summed E-state index contributed by atoms with van der Waals surface area (Å²) in [7, 11) is 1.90. The van der Waals surface area contributed by atoms with E-state index in [0.717, 1.165) is 27.7 Å². The maximum absolute atomic E-state index is 4.64. The Kier molecular flexibility index (Phi) is 4.02. The zero-order chi connectivity index (χ0) is 12.4. The molecule has 0 aliphatic heterocycles. The van der Waals surface area contributed by atoms with E-state index < -0.39 is 0 Å². The zero-order valence-corrected chi connectivity index (χ0v) is 12.3. The molecular formula is C13H20BrN3. The maximum Gasteiger partial charge on any atom is 0.144 e. The summed E-state index contributed by atoms with van der Waals surface area (Å²) in [6.07, 6.45) is 5.11. The second kappa shape index (κ2) is 5.34. The van der Waals surface area contributed by atoms with Crippen LogP contribution >= 0.6 is 15.9 Å². The van der Waals surface area contributed by atoms with Gasteiger partial charge in [0.05, 0.1) is 10.2 Å². The summed E-state index contributed by atoms with van der Waals surface area (Å²) in [5, 5.41) is 3.13. The fourth-order valence-corrected chi connectivity index (χ4v) is 2.97. The smallest absolute Gasteiger partial charge is 0.144 e. The van der Waals surface area contributed by atoms with Gasteiger partial charge in [-0.05, 0) is 41.6 Å². The summed E-state index contributed by atoms with van der Waals surface area (Å²) in [5.74, 6) is 3.27. The van der Waals surface area contributed by atoms with Crippen molar-refractivity contribution < 1.29 is 0 Å². The van der Waals surface area contributed by atoms with E-state index >= 15 is 0 Å². The quantitative estimate of drug-likeness (QED) is 0.900. The van der Waals surface area contributed by atoms with Gasteiger partial charge in [0.15, 0.2) is 0 Å². The van der Waals surface area contributed by atoms with Crippen molar-refractivity contribution in [1.82, 2.24) is 9.97 Å². The normalized spacial score (nSPS) is 24.7. The predicted octanol–water partition coefficient (Wildman–Crippen LogP) is 3.88. The van der Waals surface area contributed by atoms with Crippen LogP contribution in [0.4, 0.5) is 5.82 Å². The second-order valence-corrected chi connectivity index (χ2v) is 5.84. The van der Waals surface area contributed by atoms with E-state index in [2.05, 4.69) is 38.1 Å². The minimum atomic E-state index is 0.539. The molecule has 0 spiro atoms. The van der Waals surface area contributed by atoms with Crippen LogP contribution in [0.3, 0.4) is 0 Å². The summed E-state index contributed by atoms with van der Waals surface area (Å²) >= 11 is 3.52. The first-order chi connectivity index (χ1) is 8.11. The molecule has 1 aliphatic carbocycles. The molecule has 3 nitrogen and oxygen atoms in total. The summed E-state index contributed by atoms with van der Waals surface area (Å²) in [4.78, 5) is 9.28. The number of hydrogen-bond donors (Lipinski definition) is 1. The van der Waals surface area contributed by atoms with E-state index in [1.807, 2.05) is 14.0 Å². The first-order valence-corrected chi connectivity index (χ1v) is 7.13. The van der Waals surface area contributed by atoms with Gasteiger partial charge >= 0.3 is 0 Å². The van der Waals surface area contributed by atoms with Crippen molar-refractivity contribution in [2.75, 3.05) is 12.4 Å². The molecule has 1 aromatic rings. The molecule has 1 N–H and O–H groups in total. The Morgan fingerprint density at radius 1 is 1.29 bits per heavy atom. The van der Waals surface area contributed by atoms with E-state index in [0.29, 0.717) is 5.92 Å². The van der Waals surface area contributed by atoms with Gasteiger partial charge in [0.2, 0.25) is 0 Å². The fourth-order valence-electron chi connectivity index (χ4n) is 2.60. The lowest BCUT2D eigenvalue weighted by atomic mass is 9.82. The van der Waals surface area contributed by atoms with Gasteiger partial charge < -0.3 is 5.32 Å². The molecule has 4 heteroatoms. The standard InChI is InChI=1S/C13H20BrN3/c1-8-5-4-6-10(7-8)12-16-9(2)11(14)13(15-3)17-12/h8,10H,4-7H2,1-3H3,(H,15,16,17). The number of halogens is 1. The number of anilines is 1. The summed E-state index contributed by atoms with van der Waals surface area (Å²) < 4.78 is 0.979. The van der Waals surface area contributed by atoms with Crippen LogP contribution in [0.15, 0.2) is 4.47 Å². The van der Waals surface area contributed by atoms with E-state index in [4.69, 9.17) is 0 Å². The highest BCUT2D eigenvalue weighted by Crippen LogP contribution is 2.35. The van der Waals surface area contributed by atoms with E-state index in [1.54, 1.807) is 0 Å². The molecule has 1 fully saturated rings. The number of rotatable bonds is 2. The third-order valence-electron chi connectivity index (χ3n) is 3.57. The van der Waals surface area contributed by atoms with Gasteiger partial charge in [-0.3, -0.25) is 0 Å². The predicted molar refractivity (Wildman–Crippen MR) is 74.4 cm³/mol. The van der Waals surface area contributed by atoms with Crippen molar-refractivity contribution in [2.45, 2.75) is 45.4 Å². The Morgan fingerprint density at radius 2 is 2.06 bits per heavy atom. The van der Waals surface area contributed by atoms with Crippen molar-refractivity contribution >= 4 is 21.7 Å². The Labute approximate surface area is 112 Å². The number of hydrogen-bond acceptors (Lipinski definition) is 3. The fraction of sp³-hybridized carbons (Fsp3) is 0.692. The van der Waals surface area contributed by atoms with Gasteiger partial charge in [-0.25, -0.2) is 9.97 Å². The monoisotopic (exact) mass is 297 g/mol. The minimum Gasteiger partial charge on any atom is -0.372 e. The molecule has 1 aromatic heterocycles. The molecule has 1 saturated carbocycles. The van der Waals surface area contributed by atoms with Crippen LogP contribution in [0.2, 0.25) is 0 Å². The Morgan fingerprint density at radius 3 is 2.71 bits per heavy atom. The van der Waals surface area contributed by atoms with Gasteiger partial charge in [0.1, 0.15) is 11.6 Å². The van der Waals surface area contributed by atoms with Crippen LogP contribution in [0.25, 0.3) is 0 Å². The van der Waals surface area contributed by atoms with Crippen molar-refractivity contribution in [3.63, 3.8) is 0 Å².